The van der Waals surface area contributed by atoms with Crippen molar-refractivity contribution in [2.75, 3.05) is 13.7 Å². The number of ether oxygens (including phenoxy) is 1. The van der Waals surface area contributed by atoms with Crippen LogP contribution in [0.4, 0.5) is 4.79 Å². The third-order valence-electron chi connectivity index (χ3n) is 2.19. The molecule has 0 fully saturated rings. The fraction of sp³-hybridized carbons (Fsp3) is 0.273. The molecular formula is C11H13ClN2O5S. The van der Waals surface area contributed by atoms with Crippen LogP contribution in [-0.4, -0.2) is 34.1 Å². The molecule has 0 atom stereocenters. The molecule has 0 aliphatic heterocycles. The van der Waals surface area contributed by atoms with Gasteiger partial charge in [-0.3, -0.25) is 4.79 Å². The largest absolute Gasteiger partial charge is 0.469 e. The summed E-state index contributed by atoms with van der Waals surface area (Å²) < 4.78 is 29.8. The lowest BCUT2D eigenvalue weighted by molar-refractivity contribution is -0.140. The molecule has 20 heavy (non-hydrogen) atoms. The van der Waals surface area contributed by atoms with Gasteiger partial charge in [-0.05, 0) is 24.3 Å². The van der Waals surface area contributed by atoms with E-state index in [0.717, 1.165) is 0 Å². The molecule has 2 N–H and O–H groups in total. The summed E-state index contributed by atoms with van der Waals surface area (Å²) in [5.41, 5.74) is 0. The van der Waals surface area contributed by atoms with Crippen molar-refractivity contribution in [2.45, 2.75) is 11.3 Å². The Kier molecular flexibility index (Phi) is 5.78. The maximum atomic E-state index is 11.8. The Morgan fingerprint density at radius 2 is 1.85 bits per heavy atom. The molecule has 0 spiro atoms. The van der Waals surface area contributed by atoms with Crippen LogP contribution in [-0.2, 0) is 19.6 Å². The highest BCUT2D eigenvalue weighted by Gasteiger charge is 2.17. The molecule has 1 aromatic carbocycles. The molecule has 1 rings (SSSR count). The number of rotatable bonds is 5. The maximum absolute atomic E-state index is 11.8. The second-order valence-electron chi connectivity index (χ2n) is 3.64. The van der Waals surface area contributed by atoms with E-state index in [0.29, 0.717) is 5.02 Å². The minimum absolute atomic E-state index is 0.0331. The Balaban J connectivity index is 2.56. The van der Waals surface area contributed by atoms with Crippen molar-refractivity contribution in [2.24, 2.45) is 0 Å². The Hall–Kier alpha value is -1.80. The summed E-state index contributed by atoms with van der Waals surface area (Å²) in [6, 6.07) is 4.40. The van der Waals surface area contributed by atoms with Gasteiger partial charge in [-0.15, -0.1) is 0 Å². The van der Waals surface area contributed by atoms with E-state index in [1.807, 2.05) is 4.72 Å². The number of esters is 1. The van der Waals surface area contributed by atoms with Crippen molar-refractivity contribution in [3.8, 4) is 0 Å². The van der Waals surface area contributed by atoms with Crippen molar-refractivity contribution in [3.05, 3.63) is 29.3 Å². The van der Waals surface area contributed by atoms with Crippen LogP contribution in [0.5, 0.6) is 0 Å². The monoisotopic (exact) mass is 320 g/mol. The molecule has 0 heterocycles. The molecule has 110 valence electrons. The summed E-state index contributed by atoms with van der Waals surface area (Å²) in [4.78, 5) is 22.1. The van der Waals surface area contributed by atoms with Crippen LogP contribution in [0.25, 0.3) is 0 Å². The van der Waals surface area contributed by atoms with E-state index in [9.17, 15) is 18.0 Å². The zero-order chi connectivity index (χ0) is 15.2. The number of benzene rings is 1. The van der Waals surface area contributed by atoms with Gasteiger partial charge in [0.25, 0.3) is 10.0 Å². The number of methoxy groups -OCH3 is 1. The summed E-state index contributed by atoms with van der Waals surface area (Å²) >= 11 is 5.64. The van der Waals surface area contributed by atoms with E-state index in [4.69, 9.17) is 11.6 Å². The molecule has 7 nitrogen and oxygen atoms in total. The Morgan fingerprint density at radius 1 is 1.25 bits per heavy atom. The van der Waals surface area contributed by atoms with E-state index in [1.54, 1.807) is 0 Å². The highest BCUT2D eigenvalue weighted by molar-refractivity contribution is 7.90. The van der Waals surface area contributed by atoms with Crippen LogP contribution in [0, 0.1) is 0 Å². The summed E-state index contributed by atoms with van der Waals surface area (Å²) in [6.45, 7) is -0.0331. The number of carbonyl (C=O) groups is 2. The first-order valence-electron chi connectivity index (χ1n) is 5.48. The lowest BCUT2D eigenvalue weighted by Crippen LogP contribution is -2.40. The summed E-state index contributed by atoms with van der Waals surface area (Å²) in [6.07, 6.45) is -0.0507. The topological polar surface area (TPSA) is 102 Å². The second kappa shape index (κ2) is 7.11. The van der Waals surface area contributed by atoms with Crippen molar-refractivity contribution < 1.29 is 22.7 Å². The van der Waals surface area contributed by atoms with Crippen LogP contribution in [0.2, 0.25) is 5.02 Å². The fourth-order valence-electron chi connectivity index (χ4n) is 1.21. The van der Waals surface area contributed by atoms with Crippen molar-refractivity contribution >= 4 is 33.6 Å². The number of carbonyl (C=O) groups excluding carboxylic acids is 2. The van der Waals surface area contributed by atoms with Gasteiger partial charge in [0.1, 0.15) is 0 Å². The number of urea groups is 1. The molecule has 0 saturated heterocycles. The minimum Gasteiger partial charge on any atom is -0.469 e. The molecule has 0 radical (unpaired) electrons. The van der Waals surface area contributed by atoms with Gasteiger partial charge in [-0.1, -0.05) is 11.6 Å². The fourth-order valence-corrected chi connectivity index (χ4v) is 2.27. The summed E-state index contributed by atoms with van der Waals surface area (Å²) in [5, 5.41) is 2.61. The molecule has 0 saturated carbocycles. The third kappa shape index (κ3) is 5.06. The number of hydrogen-bond acceptors (Lipinski definition) is 5. The van der Waals surface area contributed by atoms with Gasteiger partial charge < -0.3 is 10.1 Å². The average molecular weight is 321 g/mol. The van der Waals surface area contributed by atoms with Gasteiger partial charge in [-0.2, -0.15) is 0 Å². The van der Waals surface area contributed by atoms with Crippen LogP contribution in [0.15, 0.2) is 29.2 Å². The highest BCUT2D eigenvalue weighted by Crippen LogP contribution is 2.13. The lowest BCUT2D eigenvalue weighted by Gasteiger charge is -2.08. The van der Waals surface area contributed by atoms with Crippen LogP contribution in [0.3, 0.4) is 0 Å². The third-order valence-corrected chi connectivity index (χ3v) is 3.79. The molecular weight excluding hydrogens is 308 g/mol. The number of halogens is 1. The normalized spacial score (nSPS) is 10.7. The van der Waals surface area contributed by atoms with Gasteiger partial charge >= 0.3 is 12.0 Å². The van der Waals surface area contributed by atoms with Gasteiger partial charge in [-0.25, -0.2) is 17.9 Å². The van der Waals surface area contributed by atoms with Crippen molar-refractivity contribution in [1.29, 1.82) is 0 Å². The number of sulfonamides is 1. The quantitative estimate of drug-likeness (QED) is 0.785. The van der Waals surface area contributed by atoms with E-state index in [-0.39, 0.29) is 17.9 Å². The van der Waals surface area contributed by atoms with E-state index < -0.39 is 22.0 Å². The molecule has 0 bridgehead atoms. The van der Waals surface area contributed by atoms with E-state index in [2.05, 4.69) is 10.1 Å². The van der Waals surface area contributed by atoms with Gasteiger partial charge in [0.15, 0.2) is 0 Å². The predicted molar refractivity (Wildman–Crippen MR) is 71.8 cm³/mol. The zero-order valence-corrected chi connectivity index (χ0v) is 12.1. The molecule has 0 unspecified atom stereocenters. The first-order chi connectivity index (χ1) is 9.35. The van der Waals surface area contributed by atoms with E-state index >= 15 is 0 Å². The maximum Gasteiger partial charge on any atom is 0.328 e. The highest BCUT2D eigenvalue weighted by atomic mass is 35.5. The molecule has 2 amide bonds. The van der Waals surface area contributed by atoms with Gasteiger partial charge in [0.05, 0.1) is 18.4 Å². The standard InChI is InChI=1S/C11H13ClN2O5S/c1-19-10(15)6-7-13-11(16)14-20(17,18)9-4-2-8(12)3-5-9/h2-5H,6-7H2,1H3,(H2,13,14,16). The molecule has 9 heteroatoms. The van der Waals surface area contributed by atoms with Gasteiger partial charge in [0, 0.05) is 11.6 Å². The molecule has 0 aliphatic rings. The van der Waals surface area contributed by atoms with Crippen LogP contribution >= 0.6 is 11.6 Å². The van der Waals surface area contributed by atoms with Crippen molar-refractivity contribution in [3.63, 3.8) is 0 Å². The molecule has 0 aliphatic carbocycles. The first-order valence-corrected chi connectivity index (χ1v) is 7.34. The predicted octanol–water partition coefficient (Wildman–Crippen LogP) is 0.891. The lowest BCUT2D eigenvalue weighted by atomic mass is 10.4. The first kappa shape index (κ1) is 16.3. The second-order valence-corrected chi connectivity index (χ2v) is 5.76. The van der Waals surface area contributed by atoms with Gasteiger partial charge in [0.2, 0.25) is 0 Å². The Labute approximate surface area is 121 Å². The van der Waals surface area contributed by atoms with E-state index in [1.165, 1.54) is 31.4 Å². The minimum atomic E-state index is -3.97. The van der Waals surface area contributed by atoms with Crippen LogP contribution < -0.4 is 10.0 Å². The Bertz CT molecular complexity index is 585. The average Bonchev–Trinajstić information content (AvgIpc) is 2.38. The summed E-state index contributed by atoms with van der Waals surface area (Å²) in [5.74, 6) is -0.508. The number of amides is 2. The molecule has 0 aromatic heterocycles. The number of hydrogen-bond donors (Lipinski definition) is 2. The Morgan fingerprint density at radius 3 is 2.40 bits per heavy atom. The zero-order valence-electron chi connectivity index (χ0n) is 10.6. The summed E-state index contributed by atoms with van der Waals surface area (Å²) in [7, 11) is -2.75. The smallest absolute Gasteiger partial charge is 0.328 e. The molecule has 1 aromatic rings. The van der Waals surface area contributed by atoms with Crippen LogP contribution in [0.1, 0.15) is 6.42 Å². The van der Waals surface area contributed by atoms with Crippen molar-refractivity contribution in [1.82, 2.24) is 10.0 Å². The number of nitrogens with one attached hydrogen (secondary N) is 2. The SMILES string of the molecule is COC(=O)CCNC(=O)NS(=O)(=O)c1ccc(Cl)cc1.